The average molecular weight is 280 g/mol. The van der Waals surface area contributed by atoms with Crippen molar-refractivity contribution in [3.63, 3.8) is 0 Å². The van der Waals surface area contributed by atoms with E-state index in [-0.39, 0.29) is 42.8 Å². The predicted octanol–water partition coefficient (Wildman–Crippen LogP) is 1.81. The van der Waals surface area contributed by atoms with Crippen LogP contribution in [0.1, 0.15) is 52.4 Å². The van der Waals surface area contributed by atoms with E-state index in [4.69, 9.17) is 14.9 Å². The second-order valence-electron chi connectivity index (χ2n) is 3.41. The molecule has 0 spiro atoms. The molecule has 7 heteroatoms. The average Bonchev–Trinajstić information content (AvgIpc) is 2.16. The molecule has 0 unspecified atom stereocenters. The van der Waals surface area contributed by atoms with Gasteiger partial charge in [0.15, 0.2) is 0 Å². The number of hydrogen-bond donors (Lipinski definition) is 3. The summed E-state index contributed by atoms with van der Waals surface area (Å²) in [5.41, 5.74) is 0. The van der Waals surface area contributed by atoms with Gasteiger partial charge in [-0.2, -0.15) is 0 Å². The van der Waals surface area contributed by atoms with Crippen LogP contribution in [-0.2, 0) is 9.09 Å². The van der Waals surface area contributed by atoms with Gasteiger partial charge in [-0.05, 0) is 13.3 Å². The maximum absolute atomic E-state index is 10.2. The molecule has 102 valence electrons. The van der Waals surface area contributed by atoms with E-state index in [0.717, 1.165) is 19.3 Å². The summed E-state index contributed by atoms with van der Waals surface area (Å²) in [6, 6.07) is 0. The Labute approximate surface area is 126 Å². The molecule has 3 N–H and O–H groups in total. The number of phosphoric ester groups is 1. The second-order valence-corrected chi connectivity index (χ2v) is 4.65. The van der Waals surface area contributed by atoms with Crippen molar-refractivity contribution in [3.05, 3.63) is 0 Å². The van der Waals surface area contributed by atoms with Crippen molar-refractivity contribution < 1.29 is 24.0 Å². The molecular formula is C10H26NaO5P. The van der Waals surface area contributed by atoms with Crippen molar-refractivity contribution >= 4 is 37.4 Å². The van der Waals surface area contributed by atoms with Gasteiger partial charge in [0.2, 0.25) is 0 Å². The molecule has 0 heterocycles. The van der Waals surface area contributed by atoms with Gasteiger partial charge >= 0.3 is 37.4 Å². The molecule has 5 nitrogen and oxygen atoms in total. The fourth-order valence-corrected chi connectivity index (χ4v) is 1.43. The summed E-state index contributed by atoms with van der Waals surface area (Å²) in [6.45, 7) is 4.24. The maximum atomic E-state index is 10.2. The van der Waals surface area contributed by atoms with E-state index in [1.807, 2.05) is 0 Å². The number of aliphatic hydroxyl groups excluding tert-OH is 1. The molecule has 0 fully saturated rings. The van der Waals surface area contributed by atoms with E-state index in [2.05, 4.69) is 11.4 Å². The van der Waals surface area contributed by atoms with Gasteiger partial charge < -0.3 is 14.9 Å². The topological polar surface area (TPSA) is 87.0 Å². The SMILES string of the molecule is CCCCCCCCOP(=O)(O)O.CCO.[NaH]. The summed E-state index contributed by atoms with van der Waals surface area (Å²) in [7, 11) is -4.23. The van der Waals surface area contributed by atoms with Crippen molar-refractivity contribution in [1.29, 1.82) is 0 Å². The zero-order valence-electron chi connectivity index (χ0n) is 10.3. The van der Waals surface area contributed by atoms with Crippen LogP contribution in [0.3, 0.4) is 0 Å². The molecule has 0 aliphatic carbocycles. The Hall–Kier alpha value is 1.07. The second kappa shape index (κ2) is 17.1. The van der Waals surface area contributed by atoms with Crippen LogP contribution in [0, 0.1) is 0 Å². The summed E-state index contributed by atoms with van der Waals surface area (Å²) in [4.78, 5) is 16.7. The van der Waals surface area contributed by atoms with Gasteiger partial charge in [0.05, 0.1) is 6.61 Å². The van der Waals surface area contributed by atoms with Crippen LogP contribution in [0.25, 0.3) is 0 Å². The summed E-state index contributed by atoms with van der Waals surface area (Å²) in [5, 5.41) is 7.57. The Bertz CT molecular complexity index is 174. The Balaban J connectivity index is -0.000000440. The fraction of sp³-hybridized carbons (Fsp3) is 1.00. The first kappa shape index (κ1) is 23.2. The molecule has 0 saturated heterocycles. The summed E-state index contributed by atoms with van der Waals surface area (Å²) in [6.07, 6.45) is 6.48. The van der Waals surface area contributed by atoms with Gasteiger partial charge in [-0.15, -0.1) is 0 Å². The number of unbranched alkanes of at least 4 members (excludes halogenated alkanes) is 5. The Morgan fingerprint density at radius 1 is 1.00 bits per heavy atom. The van der Waals surface area contributed by atoms with Gasteiger partial charge in [-0.3, -0.25) is 4.52 Å². The van der Waals surface area contributed by atoms with E-state index in [1.165, 1.54) is 19.3 Å². The van der Waals surface area contributed by atoms with Gasteiger partial charge in [0, 0.05) is 6.61 Å². The fourth-order valence-electron chi connectivity index (χ4n) is 1.07. The minimum absolute atomic E-state index is 0. The van der Waals surface area contributed by atoms with Crippen LogP contribution < -0.4 is 0 Å². The van der Waals surface area contributed by atoms with Gasteiger partial charge in [-0.1, -0.05) is 39.0 Å². The van der Waals surface area contributed by atoms with Gasteiger partial charge in [0.25, 0.3) is 0 Å². The molecule has 0 amide bonds. The first-order chi connectivity index (χ1) is 7.47. The first-order valence-electron chi connectivity index (χ1n) is 5.78. The zero-order chi connectivity index (χ0) is 12.9. The monoisotopic (exact) mass is 280 g/mol. The van der Waals surface area contributed by atoms with Crippen molar-refractivity contribution in [2.45, 2.75) is 52.4 Å². The van der Waals surface area contributed by atoms with E-state index < -0.39 is 7.82 Å². The number of rotatable bonds is 8. The van der Waals surface area contributed by atoms with Crippen LogP contribution >= 0.6 is 7.82 Å². The van der Waals surface area contributed by atoms with E-state index in [1.54, 1.807) is 6.92 Å². The molecule has 17 heavy (non-hydrogen) atoms. The molecule has 0 rings (SSSR count). The van der Waals surface area contributed by atoms with Crippen LogP contribution in [0.4, 0.5) is 0 Å². The molecule has 0 aliphatic rings. The molecule has 0 aromatic carbocycles. The molecule has 0 radical (unpaired) electrons. The molecule has 0 bridgehead atoms. The van der Waals surface area contributed by atoms with Crippen molar-refractivity contribution in [2.24, 2.45) is 0 Å². The molecule has 0 aliphatic heterocycles. The minimum atomic E-state index is -4.23. The Morgan fingerprint density at radius 3 is 1.82 bits per heavy atom. The summed E-state index contributed by atoms with van der Waals surface area (Å²) >= 11 is 0. The predicted molar refractivity (Wildman–Crippen MR) is 71.3 cm³/mol. The van der Waals surface area contributed by atoms with E-state index in [0.29, 0.717) is 0 Å². The van der Waals surface area contributed by atoms with Gasteiger partial charge in [0.1, 0.15) is 0 Å². The first-order valence-corrected chi connectivity index (χ1v) is 7.31. The molecular weight excluding hydrogens is 254 g/mol. The van der Waals surface area contributed by atoms with Crippen molar-refractivity contribution in [2.75, 3.05) is 13.2 Å². The number of aliphatic hydroxyl groups is 1. The van der Waals surface area contributed by atoms with E-state index in [9.17, 15) is 4.57 Å². The third-order valence-electron chi connectivity index (χ3n) is 1.76. The zero-order valence-corrected chi connectivity index (χ0v) is 11.2. The van der Waals surface area contributed by atoms with Gasteiger partial charge in [-0.25, -0.2) is 4.57 Å². The summed E-state index contributed by atoms with van der Waals surface area (Å²) < 4.78 is 14.5. The van der Waals surface area contributed by atoms with Crippen LogP contribution in [0.15, 0.2) is 0 Å². The van der Waals surface area contributed by atoms with Crippen LogP contribution in [0.2, 0.25) is 0 Å². The van der Waals surface area contributed by atoms with Crippen molar-refractivity contribution in [3.8, 4) is 0 Å². The Kier molecular flexibility index (Phi) is 23.3. The number of phosphoric acid groups is 1. The normalized spacial score (nSPS) is 10.2. The molecule has 0 atom stereocenters. The van der Waals surface area contributed by atoms with Crippen molar-refractivity contribution in [1.82, 2.24) is 0 Å². The summed E-state index contributed by atoms with van der Waals surface area (Å²) in [5.74, 6) is 0. The third kappa shape index (κ3) is 31.6. The third-order valence-corrected chi connectivity index (χ3v) is 2.28. The molecule has 0 saturated carbocycles. The number of hydrogen-bond acceptors (Lipinski definition) is 3. The van der Waals surface area contributed by atoms with Crippen LogP contribution in [0.5, 0.6) is 0 Å². The van der Waals surface area contributed by atoms with Crippen LogP contribution in [-0.4, -0.2) is 57.7 Å². The quantitative estimate of drug-likeness (QED) is 0.358. The van der Waals surface area contributed by atoms with E-state index >= 15 is 0 Å². The standard InChI is InChI=1S/C8H19O4P.C2H6O.Na.H/c1-2-3-4-5-6-7-8-12-13(9,10)11;1-2-3;;/h2-8H2,1H3,(H2,9,10,11);3H,2H2,1H3;;. The molecule has 0 aromatic heterocycles. The molecule has 0 aromatic rings. The Morgan fingerprint density at radius 2 is 1.41 bits per heavy atom.